The van der Waals surface area contributed by atoms with Crippen LogP contribution in [0.4, 0.5) is 0 Å². The van der Waals surface area contributed by atoms with E-state index in [0.717, 1.165) is 38.1 Å². The summed E-state index contributed by atoms with van der Waals surface area (Å²) >= 11 is 0. The van der Waals surface area contributed by atoms with Crippen molar-refractivity contribution in [1.29, 1.82) is 0 Å². The van der Waals surface area contributed by atoms with Gasteiger partial charge in [-0.15, -0.1) is 34.2 Å². The maximum atomic E-state index is 12.6. The van der Waals surface area contributed by atoms with Gasteiger partial charge in [0.15, 0.2) is 11.8 Å². The number of aryl methyl sites for hydroxylation is 1. The summed E-state index contributed by atoms with van der Waals surface area (Å²) in [5.74, 6) is 1.71. The summed E-state index contributed by atoms with van der Waals surface area (Å²) in [6, 6.07) is 0. The van der Waals surface area contributed by atoms with E-state index in [1.807, 2.05) is 32.6 Å². The number of nitrogens with zero attached hydrogens (tertiary/aromatic N) is 5. The fourth-order valence-electron chi connectivity index (χ4n) is 3.19. The second-order valence-electron chi connectivity index (χ2n) is 6.59. The van der Waals surface area contributed by atoms with Gasteiger partial charge in [0.2, 0.25) is 5.91 Å². The quantitative estimate of drug-likeness (QED) is 0.376. The van der Waals surface area contributed by atoms with Crippen LogP contribution in [0.25, 0.3) is 0 Å². The monoisotopic (exact) mass is 463 g/mol. The first-order valence-corrected chi connectivity index (χ1v) is 8.55. The number of rotatable bonds is 6. The van der Waals surface area contributed by atoms with Gasteiger partial charge in [-0.1, -0.05) is 12.8 Å². The van der Waals surface area contributed by atoms with Crippen LogP contribution in [0.2, 0.25) is 0 Å². The minimum atomic E-state index is -0.315. The number of aliphatic imine (C=N–C) groups is 1. The van der Waals surface area contributed by atoms with Crippen LogP contribution < -0.4 is 10.6 Å². The molecule has 1 amide bonds. The summed E-state index contributed by atoms with van der Waals surface area (Å²) in [4.78, 5) is 18.9. The van der Waals surface area contributed by atoms with E-state index in [2.05, 4.69) is 25.8 Å². The second kappa shape index (κ2) is 9.93. The van der Waals surface area contributed by atoms with Crippen molar-refractivity contribution in [2.45, 2.75) is 39.2 Å². The van der Waals surface area contributed by atoms with E-state index in [1.165, 1.54) is 0 Å². The molecule has 0 bridgehead atoms. The lowest BCUT2D eigenvalue weighted by Gasteiger charge is -2.31. The Balaban J connectivity index is 0.00000312. The molecule has 8 nitrogen and oxygen atoms in total. The smallest absolute Gasteiger partial charge is 0.230 e. The zero-order valence-electron chi connectivity index (χ0n) is 15.6. The standard InChI is InChI=1S/C16H29N7O.HI/c1-5-17-15(18-10-13-21-20-12-23(13)4)19-11-16(8-6-7-9-16)14(24)22(2)3;/h12H,5-11H2,1-4H3,(H2,17,18,19);1H. The molecule has 1 aromatic heterocycles. The largest absolute Gasteiger partial charge is 0.357 e. The predicted molar refractivity (Wildman–Crippen MR) is 109 cm³/mol. The maximum Gasteiger partial charge on any atom is 0.230 e. The number of guanidine groups is 1. The van der Waals surface area contributed by atoms with Crippen molar-refractivity contribution in [3.05, 3.63) is 12.2 Å². The molecule has 1 fully saturated rings. The zero-order valence-corrected chi connectivity index (χ0v) is 17.9. The highest BCUT2D eigenvalue weighted by molar-refractivity contribution is 14.0. The summed E-state index contributed by atoms with van der Waals surface area (Å²) in [6.45, 7) is 3.84. The topological polar surface area (TPSA) is 87.4 Å². The van der Waals surface area contributed by atoms with E-state index < -0.39 is 0 Å². The van der Waals surface area contributed by atoms with E-state index >= 15 is 0 Å². The van der Waals surface area contributed by atoms with E-state index in [1.54, 1.807) is 11.2 Å². The molecule has 0 saturated heterocycles. The molecule has 0 aliphatic heterocycles. The van der Waals surface area contributed by atoms with Crippen LogP contribution in [0.5, 0.6) is 0 Å². The summed E-state index contributed by atoms with van der Waals surface area (Å²) in [5, 5.41) is 14.5. The normalized spacial score (nSPS) is 16.2. The Kier molecular flexibility index (Phi) is 8.60. The highest BCUT2D eigenvalue weighted by atomic mass is 127. The van der Waals surface area contributed by atoms with Crippen molar-refractivity contribution in [2.75, 3.05) is 27.2 Å². The van der Waals surface area contributed by atoms with Gasteiger partial charge in [0.25, 0.3) is 0 Å². The van der Waals surface area contributed by atoms with Crippen molar-refractivity contribution < 1.29 is 4.79 Å². The fraction of sp³-hybridized carbons (Fsp3) is 0.750. The molecule has 1 heterocycles. The summed E-state index contributed by atoms with van der Waals surface area (Å²) in [7, 11) is 5.56. The van der Waals surface area contributed by atoms with Crippen molar-refractivity contribution in [2.24, 2.45) is 17.5 Å². The van der Waals surface area contributed by atoms with Crippen LogP contribution in [0.1, 0.15) is 38.4 Å². The Bertz CT molecular complexity index is 579. The molecule has 0 spiro atoms. The van der Waals surface area contributed by atoms with Crippen LogP contribution in [0.15, 0.2) is 11.3 Å². The van der Waals surface area contributed by atoms with Crippen molar-refractivity contribution in [3.63, 3.8) is 0 Å². The highest BCUT2D eigenvalue weighted by Gasteiger charge is 2.42. The molecule has 2 N–H and O–H groups in total. The highest BCUT2D eigenvalue weighted by Crippen LogP contribution is 2.38. The van der Waals surface area contributed by atoms with Crippen molar-refractivity contribution in [3.8, 4) is 0 Å². The molecule has 142 valence electrons. The molecule has 0 radical (unpaired) electrons. The van der Waals surface area contributed by atoms with Gasteiger partial charge in [0.05, 0.1) is 5.41 Å². The molecule has 0 unspecified atom stereocenters. The third-order valence-corrected chi connectivity index (χ3v) is 4.54. The van der Waals surface area contributed by atoms with E-state index in [4.69, 9.17) is 0 Å². The van der Waals surface area contributed by atoms with Gasteiger partial charge in [-0.05, 0) is 19.8 Å². The SMILES string of the molecule is CCNC(=NCc1nncn1C)NCC1(C(=O)N(C)C)CCCC1.I. The van der Waals surface area contributed by atoms with E-state index in [0.29, 0.717) is 19.0 Å². The number of hydrogen-bond donors (Lipinski definition) is 2. The summed E-state index contributed by atoms with van der Waals surface area (Å²) in [6.07, 6.45) is 5.73. The Morgan fingerprint density at radius 1 is 1.36 bits per heavy atom. The first-order valence-electron chi connectivity index (χ1n) is 8.55. The van der Waals surface area contributed by atoms with Gasteiger partial charge in [-0.2, -0.15) is 0 Å². The van der Waals surface area contributed by atoms with E-state index in [-0.39, 0.29) is 35.3 Å². The van der Waals surface area contributed by atoms with Crippen LogP contribution in [-0.2, 0) is 18.4 Å². The molecular weight excluding hydrogens is 433 g/mol. The number of halogens is 1. The Morgan fingerprint density at radius 2 is 2.04 bits per heavy atom. The van der Waals surface area contributed by atoms with Crippen LogP contribution in [0, 0.1) is 5.41 Å². The minimum Gasteiger partial charge on any atom is -0.357 e. The van der Waals surface area contributed by atoms with Gasteiger partial charge in [-0.3, -0.25) is 4.79 Å². The van der Waals surface area contributed by atoms with Gasteiger partial charge in [-0.25, -0.2) is 4.99 Å². The predicted octanol–water partition coefficient (Wildman–Crippen LogP) is 1.14. The lowest BCUT2D eigenvalue weighted by atomic mass is 9.84. The average Bonchev–Trinajstić information content (AvgIpc) is 3.19. The number of amides is 1. The third-order valence-electron chi connectivity index (χ3n) is 4.54. The second-order valence-corrected chi connectivity index (χ2v) is 6.59. The van der Waals surface area contributed by atoms with Gasteiger partial charge < -0.3 is 20.1 Å². The Morgan fingerprint density at radius 3 is 2.56 bits per heavy atom. The van der Waals surface area contributed by atoms with Crippen LogP contribution >= 0.6 is 24.0 Å². The first kappa shape index (κ1) is 21.7. The average molecular weight is 463 g/mol. The zero-order chi connectivity index (χ0) is 17.6. The maximum absolute atomic E-state index is 12.6. The molecule has 1 saturated carbocycles. The third kappa shape index (κ3) is 5.55. The fourth-order valence-corrected chi connectivity index (χ4v) is 3.19. The molecule has 2 rings (SSSR count). The minimum absolute atomic E-state index is 0. The molecule has 25 heavy (non-hydrogen) atoms. The van der Waals surface area contributed by atoms with Crippen molar-refractivity contribution >= 4 is 35.8 Å². The number of carbonyl (C=O) groups excluding carboxylic acids is 1. The summed E-state index contributed by atoms with van der Waals surface area (Å²) in [5.41, 5.74) is -0.315. The molecule has 1 aliphatic rings. The molecular formula is C16H30IN7O. The lowest BCUT2D eigenvalue weighted by Crippen LogP contribution is -2.49. The van der Waals surface area contributed by atoms with Crippen LogP contribution in [-0.4, -0.2) is 58.7 Å². The molecule has 9 heteroatoms. The first-order chi connectivity index (χ1) is 11.5. The number of hydrogen-bond acceptors (Lipinski definition) is 4. The summed E-state index contributed by atoms with van der Waals surface area (Å²) < 4.78 is 1.85. The molecule has 1 aromatic rings. The molecule has 0 aromatic carbocycles. The number of aromatic nitrogens is 3. The van der Waals surface area contributed by atoms with Crippen LogP contribution in [0.3, 0.4) is 0 Å². The van der Waals surface area contributed by atoms with Gasteiger partial charge in [0.1, 0.15) is 12.9 Å². The Hall–Kier alpha value is -1.39. The Labute approximate surface area is 166 Å². The number of nitrogens with one attached hydrogen (secondary N) is 2. The van der Waals surface area contributed by atoms with Gasteiger partial charge >= 0.3 is 0 Å². The number of carbonyl (C=O) groups is 1. The molecule has 0 atom stereocenters. The van der Waals surface area contributed by atoms with Crippen molar-refractivity contribution in [1.82, 2.24) is 30.3 Å². The molecule has 1 aliphatic carbocycles. The lowest BCUT2D eigenvalue weighted by molar-refractivity contribution is -0.138. The van der Waals surface area contributed by atoms with Gasteiger partial charge in [0, 0.05) is 34.2 Å². The van der Waals surface area contributed by atoms with E-state index in [9.17, 15) is 4.79 Å².